The Morgan fingerprint density at radius 1 is 1.09 bits per heavy atom. The van der Waals surface area contributed by atoms with Crippen molar-refractivity contribution in [1.82, 2.24) is 4.90 Å². The first-order valence-corrected chi connectivity index (χ1v) is 7.42. The van der Waals surface area contributed by atoms with Gasteiger partial charge in [-0.1, -0.05) is 18.2 Å². The molecule has 0 N–H and O–H groups in total. The maximum atomic E-state index is 13.6. The number of hydrogen-bond acceptors (Lipinski definition) is 3. The summed E-state index contributed by atoms with van der Waals surface area (Å²) in [4.78, 5) is 6.52. The molecular formula is C18H18F2N2O. The third-order valence-corrected chi connectivity index (χ3v) is 4.44. The van der Waals surface area contributed by atoms with Gasteiger partial charge in [0.25, 0.3) is 6.02 Å². The summed E-state index contributed by atoms with van der Waals surface area (Å²) in [5.41, 5.74) is 0.133. The molecule has 0 saturated carbocycles. The van der Waals surface area contributed by atoms with E-state index in [1.54, 1.807) is 18.2 Å². The van der Waals surface area contributed by atoms with Gasteiger partial charge in [-0.15, -0.1) is 0 Å². The average Bonchev–Trinajstić information content (AvgIpc) is 2.73. The molecule has 0 spiro atoms. The van der Waals surface area contributed by atoms with Crippen molar-refractivity contribution >= 4 is 6.02 Å². The Hall–Kier alpha value is -2.43. The molecule has 3 nitrogen and oxygen atoms in total. The first-order chi connectivity index (χ1) is 10.9. The minimum atomic E-state index is -0.639. The number of halogens is 2. The summed E-state index contributed by atoms with van der Waals surface area (Å²) < 4.78 is 32.6. The summed E-state index contributed by atoms with van der Waals surface area (Å²) in [6.07, 6.45) is 0. The fourth-order valence-electron chi connectivity index (χ4n) is 2.75. The van der Waals surface area contributed by atoms with Gasteiger partial charge in [-0.2, -0.15) is 0 Å². The fraction of sp³-hybridized carbons (Fsp3) is 0.278. The van der Waals surface area contributed by atoms with Crippen molar-refractivity contribution in [1.29, 1.82) is 0 Å². The maximum absolute atomic E-state index is 13.6. The number of benzene rings is 2. The van der Waals surface area contributed by atoms with Crippen LogP contribution in [0.1, 0.15) is 19.4 Å². The number of ether oxygens (including phenoxy) is 1. The van der Waals surface area contributed by atoms with Crippen LogP contribution >= 0.6 is 0 Å². The van der Waals surface area contributed by atoms with Crippen LogP contribution in [-0.4, -0.2) is 24.0 Å². The molecule has 120 valence electrons. The van der Waals surface area contributed by atoms with Gasteiger partial charge in [0.05, 0.1) is 6.04 Å². The van der Waals surface area contributed by atoms with Gasteiger partial charge in [0.2, 0.25) is 0 Å². The zero-order chi connectivity index (χ0) is 16.6. The van der Waals surface area contributed by atoms with Crippen molar-refractivity contribution in [3.63, 3.8) is 0 Å². The molecule has 2 unspecified atom stereocenters. The second kappa shape index (κ2) is 5.65. The third-order valence-electron chi connectivity index (χ3n) is 4.44. The predicted molar refractivity (Wildman–Crippen MR) is 85.4 cm³/mol. The van der Waals surface area contributed by atoms with Crippen molar-refractivity contribution in [2.45, 2.75) is 25.4 Å². The highest BCUT2D eigenvalue weighted by Gasteiger charge is 2.43. The highest BCUT2D eigenvalue weighted by atomic mass is 19.1. The van der Waals surface area contributed by atoms with E-state index in [1.807, 2.05) is 31.9 Å². The predicted octanol–water partition coefficient (Wildman–Crippen LogP) is 3.95. The number of hydrogen-bond donors (Lipinski definition) is 0. The van der Waals surface area contributed by atoms with Crippen molar-refractivity contribution in [3.8, 4) is 5.75 Å². The lowest BCUT2D eigenvalue weighted by molar-refractivity contribution is 0.278. The lowest BCUT2D eigenvalue weighted by Crippen LogP contribution is -2.40. The van der Waals surface area contributed by atoms with Gasteiger partial charge in [0.1, 0.15) is 22.9 Å². The molecule has 0 bridgehead atoms. The van der Waals surface area contributed by atoms with Gasteiger partial charge in [-0.25, -0.2) is 13.8 Å². The first-order valence-electron chi connectivity index (χ1n) is 7.42. The summed E-state index contributed by atoms with van der Waals surface area (Å²) >= 11 is 0. The van der Waals surface area contributed by atoms with Crippen LogP contribution in [0.15, 0.2) is 53.5 Å². The molecule has 0 radical (unpaired) electrons. The molecule has 1 aliphatic heterocycles. The number of aliphatic imine (C=N–C) groups is 1. The smallest absolute Gasteiger partial charge is 0.293 e. The Morgan fingerprint density at radius 2 is 1.74 bits per heavy atom. The van der Waals surface area contributed by atoms with Gasteiger partial charge in [-0.3, -0.25) is 0 Å². The quantitative estimate of drug-likeness (QED) is 0.838. The SMILES string of the molecule is CC1N(C)C(Oc2cccc(F)c2)=NC1(C)c1cccc(F)c1. The Bertz CT molecular complexity index is 762. The molecule has 2 atom stereocenters. The van der Waals surface area contributed by atoms with E-state index in [2.05, 4.69) is 4.99 Å². The van der Waals surface area contributed by atoms with Crippen LogP contribution in [0.2, 0.25) is 0 Å². The van der Waals surface area contributed by atoms with Gasteiger partial charge in [0, 0.05) is 13.1 Å². The normalized spacial score (nSPS) is 23.8. The molecule has 5 heteroatoms. The summed E-state index contributed by atoms with van der Waals surface area (Å²) in [6, 6.07) is 12.7. The van der Waals surface area contributed by atoms with Gasteiger partial charge < -0.3 is 9.64 Å². The molecule has 1 heterocycles. The number of nitrogens with zero attached hydrogens (tertiary/aromatic N) is 2. The molecule has 0 aliphatic carbocycles. The number of likely N-dealkylation sites (N-methyl/N-ethyl adjacent to an activating group) is 1. The zero-order valence-corrected chi connectivity index (χ0v) is 13.3. The zero-order valence-electron chi connectivity index (χ0n) is 13.3. The molecule has 1 aliphatic rings. The fourth-order valence-corrected chi connectivity index (χ4v) is 2.75. The van der Waals surface area contributed by atoms with E-state index in [0.29, 0.717) is 11.8 Å². The maximum Gasteiger partial charge on any atom is 0.293 e. The topological polar surface area (TPSA) is 24.8 Å². The van der Waals surface area contributed by atoms with Gasteiger partial charge >= 0.3 is 0 Å². The van der Waals surface area contributed by atoms with E-state index < -0.39 is 5.54 Å². The molecule has 2 aromatic rings. The average molecular weight is 316 g/mol. The van der Waals surface area contributed by atoms with E-state index in [9.17, 15) is 8.78 Å². The third kappa shape index (κ3) is 2.79. The highest BCUT2D eigenvalue weighted by Crippen LogP contribution is 2.37. The lowest BCUT2D eigenvalue weighted by Gasteiger charge is -2.30. The molecule has 0 aromatic heterocycles. The molecule has 0 saturated heterocycles. The molecular weight excluding hydrogens is 298 g/mol. The van der Waals surface area contributed by atoms with Crippen LogP contribution in [-0.2, 0) is 5.54 Å². The summed E-state index contributed by atoms with van der Waals surface area (Å²) in [7, 11) is 1.85. The number of amidine groups is 1. The first kappa shape index (κ1) is 15.5. The molecule has 0 fully saturated rings. The van der Waals surface area contributed by atoms with Crippen LogP contribution in [0.4, 0.5) is 8.78 Å². The minimum Gasteiger partial charge on any atom is -0.426 e. The van der Waals surface area contributed by atoms with E-state index in [-0.39, 0.29) is 17.7 Å². The van der Waals surface area contributed by atoms with Gasteiger partial charge in [-0.05, 0) is 43.7 Å². The van der Waals surface area contributed by atoms with E-state index in [0.717, 1.165) is 5.56 Å². The van der Waals surface area contributed by atoms with Crippen LogP contribution in [0.5, 0.6) is 5.75 Å². The van der Waals surface area contributed by atoms with Crippen molar-refractivity contribution < 1.29 is 13.5 Å². The molecule has 23 heavy (non-hydrogen) atoms. The number of rotatable bonds is 2. The lowest BCUT2D eigenvalue weighted by atomic mass is 9.86. The molecule has 3 rings (SSSR count). The largest absolute Gasteiger partial charge is 0.426 e. The van der Waals surface area contributed by atoms with Crippen molar-refractivity contribution in [2.75, 3.05) is 7.05 Å². The second-order valence-corrected chi connectivity index (χ2v) is 5.90. The highest BCUT2D eigenvalue weighted by molar-refractivity contribution is 5.79. The Balaban J connectivity index is 1.95. The van der Waals surface area contributed by atoms with Crippen LogP contribution in [0.3, 0.4) is 0 Å². The second-order valence-electron chi connectivity index (χ2n) is 5.90. The van der Waals surface area contributed by atoms with Gasteiger partial charge in [0.15, 0.2) is 0 Å². The summed E-state index contributed by atoms with van der Waals surface area (Å²) in [5.74, 6) is -0.288. The van der Waals surface area contributed by atoms with Crippen LogP contribution in [0, 0.1) is 11.6 Å². The monoisotopic (exact) mass is 316 g/mol. The molecule has 2 aromatic carbocycles. The van der Waals surface area contributed by atoms with Crippen LogP contribution in [0.25, 0.3) is 0 Å². The standard InChI is InChI=1S/C18H18F2N2O/c1-12-18(2,13-6-4-7-14(19)10-13)21-17(22(12)3)23-16-9-5-8-15(20)11-16/h4-12H,1-3H3. The van der Waals surface area contributed by atoms with E-state index >= 15 is 0 Å². The van der Waals surface area contributed by atoms with Crippen molar-refractivity contribution in [2.24, 2.45) is 4.99 Å². The van der Waals surface area contributed by atoms with E-state index in [1.165, 1.54) is 24.3 Å². The van der Waals surface area contributed by atoms with E-state index in [4.69, 9.17) is 4.74 Å². The van der Waals surface area contributed by atoms with Crippen LogP contribution < -0.4 is 4.74 Å². The summed E-state index contributed by atoms with van der Waals surface area (Å²) in [6.45, 7) is 3.93. The Kier molecular flexibility index (Phi) is 3.80. The minimum absolute atomic E-state index is 0.0344. The summed E-state index contributed by atoms with van der Waals surface area (Å²) in [5, 5.41) is 0. The Labute approximate surface area is 134 Å². The molecule has 0 amide bonds. The van der Waals surface area contributed by atoms with Crippen molar-refractivity contribution in [3.05, 3.63) is 65.7 Å². The Morgan fingerprint density at radius 3 is 2.39 bits per heavy atom.